The molecule has 1 unspecified atom stereocenters. The van der Waals surface area contributed by atoms with Gasteiger partial charge in [0.1, 0.15) is 5.58 Å². The van der Waals surface area contributed by atoms with E-state index in [2.05, 4.69) is 0 Å². The summed E-state index contributed by atoms with van der Waals surface area (Å²) in [6.07, 6.45) is 3.37. The van der Waals surface area contributed by atoms with Crippen LogP contribution in [0.15, 0.2) is 44.4 Å². The number of halogens is 1. The minimum Gasteiger partial charge on any atom is -0.451 e. The molecule has 1 aromatic carbocycles. The zero-order valence-electron chi connectivity index (χ0n) is 8.27. The van der Waals surface area contributed by atoms with Crippen molar-refractivity contribution in [1.29, 1.82) is 0 Å². The molecule has 0 N–H and O–H groups in total. The summed E-state index contributed by atoms with van der Waals surface area (Å²) in [5, 5.41) is 0.451. The quantitative estimate of drug-likeness (QED) is 0.657. The number of benzene rings is 1. The molecule has 0 saturated carbocycles. The van der Waals surface area contributed by atoms with Crippen LogP contribution in [-0.4, -0.2) is 5.75 Å². The lowest BCUT2D eigenvalue weighted by Gasteiger charge is -2.04. The van der Waals surface area contributed by atoms with Crippen molar-refractivity contribution in [2.45, 2.75) is 4.90 Å². The molecule has 1 atom stereocenters. The number of rotatable bonds is 0. The van der Waals surface area contributed by atoms with Crippen LogP contribution >= 0.6 is 0 Å². The summed E-state index contributed by atoms with van der Waals surface area (Å²) in [6.45, 7) is 0. The average molecular weight is 235 g/mol. The first-order chi connectivity index (χ1) is 7.77. The van der Waals surface area contributed by atoms with Gasteiger partial charge in [-0.3, -0.25) is 4.79 Å². The maximum atomic E-state index is 13.7. The summed E-state index contributed by atoms with van der Waals surface area (Å²) in [5.41, 5.74) is 0.266. The molecule has 4 heteroatoms. The molecule has 3 rings (SSSR count). The van der Waals surface area contributed by atoms with Gasteiger partial charge in [0.05, 0.1) is 5.39 Å². The van der Waals surface area contributed by atoms with Gasteiger partial charge >= 0.3 is 0 Å². The zero-order valence-corrected chi connectivity index (χ0v) is 9.09. The minimum absolute atomic E-state index is 0.182. The number of fused-ring (bicyclic) bond motifs is 2. The molecular formula is C12H8FO2S+. The highest BCUT2D eigenvalue weighted by Crippen LogP contribution is 2.26. The van der Waals surface area contributed by atoms with Gasteiger partial charge < -0.3 is 4.42 Å². The molecule has 1 aromatic heterocycles. The first-order valence-corrected chi connectivity index (χ1v) is 6.16. The highest BCUT2D eigenvalue weighted by atomic mass is 32.2. The fourth-order valence-corrected chi connectivity index (χ4v) is 2.86. The third-order valence-electron chi connectivity index (χ3n) is 2.51. The number of para-hydroxylation sites is 1. The van der Waals surface area contributed by atoms with Gasteiger partial charge in [0.2, 0.25) is 0 Å². The highest BCUT2D eigenvalue weighted by molar-refractivity contribution is 7.92. The zero-order chi connectivity index (χ0) is 11.1. The highest BCUT2D eigenvalue weighted by Gasteiger charge is 2.34. The van der Waals surface area contributed by atoms with Crippen LogP contribution in [0.4, 0.5) is 3.89 Å². The standard InChI is InChI=1S/C12H8FO2S/c13-16-7-3-6-10-12(16)11(14)8-4-1-2-5-9(8)15-10/h1-6H,7H2/q+1. The smallest absolute Gasteiger partial charge is 0.287 e. The van der Waals surface area contributed by atoms with Crippen molar-refractivity contribution in [3.63, 3.8) is 0 Å². The van der Waals surface area contributed by atoms with E-state index in [4.69, 9.17) is 4.42 Å². The lowest BCUT2D eigenvalue weighted by atomic mass is 10.2. The van der Waals surface area contributed by atoms with Crippen LogP contribution in [0.3, 0.4) is 0 Å². The van der Waals surface area contributed by atoms with E-state index in [1.165, 1.54) is 0 Å². The van der Waals surface area contributed by atoms with Crippen molar-refractivity contribution >= 4 is 28.3 Å². The molecule has 16 heavy (non-hydrogen) atoms. The maximum Gasteiger partial charge on any atom is 0.287 e. The predicted octanol–water partition coefficient (Wildman–Crippen LogP) is 2.68. The molecular weight excluding hydrogens is 227 g/mol. The van der Waals surface area contributed by atoms with Gasteiger partial charge in [-0.2, -0.15) is 0 Å². The molecule has 2 aromatic rings. The van der Waals surface area contributed by atoms with E-state index in [0.29, 0.717) is 16.7 Å². The van der Waals surface area contributed by atoms with E-state index in [1.807, 2.05) is 0 Å². The second-order valence-corrected chi connectivity index (χ2v) is 4.92. The SMILES string of the molecule is O=c1c2c(oc3ccccc13)C=CC[S+]2F. The first kappa shape index (κ1) is 9.66. The van der Waals surface area contributed by atoms with Gasteiger partial charge in [-0.15, -0.1) is 0 Å². The van der Waals surface area contributed by atoms with Gasteiger partial charge in [0.25, 0.3) is 21.6 Å². The van der Waals surface area contributed by atoms with Crippen molar-refractivity contribution in [2.24, 2.45) is 0 Å². The summed E-state index contributed by atoms with van der Waals surface area (Å²) < 4.78 is 19.2. The first-order valence-electron chi connectivity index (χ1n) is 4.87. The largest absolute Gasteiger partial charge is 0.451 e. The number of hydrogen-bond donors (Lipinski definition) is 0. The fraction of sp³-hybridized carbons (Fsp3) is 0.0833. The number of hydrogen-bond acceptors (Lipinski definition) is 2. The molecule has 0 radical (unpaired) electrons. The Balaban J connectivity index is 2.47. The Hall–Kier alpha value is -1.55. The van der Waals surface area contributed by atoms with Gasteiger partial charge in [0, 0.05) is 3.89 Å². The Bertz CT molecular complexity index is 645. The molecule has 0 amide bonds. The second-order valence-electron chi connectivity index (χ2n) is 3.52. The Kier molecular flexibility index (Phi) is 2.11. The van der Waals surface area contributed by atoms with Crippen molar-refractivity contribution < 1.29 is 8.30 Å². The maximum absolute atomic E-state index is 13.7. The summed E-state index contributed by atoms with van der Waals surface area (Å²) in [4.78, 5) is 12.2. The van der Waals surface area contributed by atoms with E-state index in [1.54, 1.807) is 36.4 Å². The van der Waals surface area contributed by atoms with Gasteiger partial charge in [-0.1, -0.05) is 12.1 Å². The normalized spacial score (nSPS) is 18.7. The third-order valence-corrected chi connectivity index (χ3v) is 3.83. The molecule has 80 valence electrons. The molecule has 0 saturated heterocycles. The molecule has 1 aliphatic heterocycles. The van der Waals surface area contributed by atoms with E-state index in [-0.39, 0.29) is 16.1 Å². The fourth-order valence-electron chi connectivity index (χ4n) is 1.78. The van der Waals surface area contributed by atoms with Crippen LogP contribution in [0, 0.1) is 0 Å². The Morgan fingerprint density at radius 3 is 3.00 bits per heavy atom. The minimum atomic E-state index is -1.53. The summed E-state index contributed by atoms with van der Waals surface area (Å²) in [5.74, 6) is 0.636. The molecule has 0 aliphatic carbocycles. The van der Waals surface area contributed by atoms with Crippen LogP contribution < -0.4 is 5.43 Å². The second kappa shape index (κ2) is 3.49. The average Bonchev–Trinajstić information content (AvgIpc) is 2.29. The Labute approximate surface area is 94.0 Å². The van der Waals surface area contributed by atoms with E-state index in [9.17, 15) is 8.68 Å². The lowest BCUT2D eigenvalue weighted by Crippen LogP contribution is -2.18. The van der Waals surface area contributed by atoms with Gasteiger partial charge in [0.15, 0.2) is 11.5 Å². The monoisotopic (exact) mass is 235 g/mol. The topological polar surface area (TPSA) is 30.2 Å². The third kappa shape index (κ3) is 1.30. The summed E-state index contributed by atoms with van der Waals surface area (Å²) >= 11 is -1.53. The van der Waals surface area contributed by atoms with Crippen molar-refractivity contribution in [3.8, 4) is 0 Å². The Morgan fingerprint density at radius 2 is 2.12 bits per heavy atom. The predicted molar refractivity (Wildman–Crippen MR) is 63.1 cm³/mol. The van der Waals surface area contributed by atoms with Crippen molar-refractivity contribution in [3.05, 3.63) is 46.3 Å². The van der Waals surface area contributed by atoms with Crippen LogP contribution in [0.25, 0.3) is 17.0 Å². The molecule has 0 fully saturated rings. The summed E-state index contributed by atoms with van der Waals surface area (Å²) in [6, 6.07) is 6.92. The van der Waals surface area contributed by atoms with E-state index >= 15 is 0 Å². The molecule has 0 bridgehead atoms. The van der Waals surface area contributed by atoms with Crippen LogP contribution in [0.1, 0.15) is 5.76 Å². The van der Waals surface area contributed by atoms with Crippen LogP contribution in [0.5, 0.6) is 0 Å². The van der Waals surface area contributed by atoms with Gasteiger partial charge in [-0.25, -0.2) is 0 Å². The Morgan fingerprint density at radius 1 is 1.31 bits per heavy atom. The summed E-state index contributed by atoms with van der Waals surface area (Å²) in [7, 11) is 0. The molecule has 2 nitrogen and oxygen atoms in total. The van der Waals surface area contributed by atoms with Crippen LogP contribution in [0.2, 0.25) is 0 Å². The van der Waals surface area contributed by atoms with E-state index in [0.717, 1.165) is 0 Å². The van der Waals surface area contributed by atoms with E-state index < -0.39 is 11.3 Å². The molecule has 2 heterocycles. The van der Waals surface area contributed by atoms with Gasteiger partial charge in [-0.05, 0) is 24.3 Å². The van der Waals surface area contributed by atoms with Crippen molar-refractivity contribution in [2.75, 3.05) is 5.75 Å². The molecule has 1 aliphatic rings. The van der Waals surface area contributed by atoms with Crippen molar-refractivity contribution in [1.82, 2.24) is 0 Å². The van der Waals surface area contributed by atoms with Crippen LogP contribution in [-0.2, 0) is 11.3 Å². The molecule has 0 spiro atoms. The lowest BCUT2D eigenvalue weighted by molar-refractivity contribution is 0.571.